The molecule has 0 atom stereocenters. The van der Waals surface area contributed by atoms with E-state index in [4.69, 9.17) is 0 Å². The molecule has 1 fully saturated rings. The summed E-state index contributed by atoms with van der Waals surface area (Å²) in [5, 5.41) is 2.28. The zero-order valence-electron chi connectivity index (χ0n) is 6.82. The summed E-state index contributed by atoms with van der Waals surface area (Å²) in [7, 11) is 0. The van der Waals surface area contributed by atoms with E-state index < -0.39 is 0 Å². The number of imide groups is 1. The fourth-order valence-corrected chi connectivity index (χ4v) is 2.13. The average molecular weight is 196 g/mol. The van der Waals surface area contributed by atoms with E-state index in [1.807, 2.05) is 0 Å². The molecule has 68 valence electrons. The number of thiazole rings is 1. The van der Waals surface area contributed by atoms with Crippen LogP contribution in [0.1, 0.15) is 23.6 Å². The summed E-state index contributed by atoms with van der Waals surface area (Å²) < 4.78 is 0. The van der Waals surface area contributed by atoms with Crippen molar-refractivity contribution in [3.63, 3.8) is 0 Å². The number of rotatable bonds is 1. The molecule has 0 aromatic carbocycles. The van der Waals surface area contributed by atoms with Gasteiger partial charge in [-0.2, -0.15) is 0 Å². The minimum Gasteiger partial charge on any atom is -0.296 e. The lowest BCUT2D eigenvalue weighted by Crippen LogP contribution is -2.37. The molecule has 1 aromatic rings. The molecular formula is C8H8N2O2S. The molecule has 0 unspecified atom stereocenters. The van der Waals surface area contributed by atoms with E-state index in [0.29, 0.717) is 12.8 Å². The molecule has 0 radical (unpaired) electrons. The molecule has 1 aromatic heterocycles. The van der Waals surface area contributed by atoms with E-state index in [1.165, 1.54) is 11.3 Å². The van der Waals surface area contributed by atoms with E-state index in [0.717, 1.165) is 4.88 Å². The Morgan fingerprint density at radius 2 is 2.08 bits per heavy atom. The highest BCUT2D eigenvalue weighted by atomic mass is 32.1. The third-order valence-corrected chi connectivity index (χ3v) is 2.93. The standard InChI is InChI=1S/C8H8N2O2S/c11-7-1-5(2-8(12)10-7)6-3-9-4-13-6/h3-5H,1-2H2,(H,10,11,12). The number of hydrogen-bond acceptors (Lipinski definition) is 4. The first kappa shape index (κ1) is 8.37. The predicted octanol–water partition coefficient (Wildman–Crippen LogP) is 0.663. The first-order valence-electron chi connectivity index (χ1n) is 3.97. The van der Waals surface area contributed by atoms with Crippen LogP contribution >= 0.6 is 11.3 Å². The van der Waals surface area contributed by atoms with Gasteiger partial charge in [-0.25, -0.2) is 0 Å². The molecule has 0 saturated carbocycles. The van der Waals surface area contributed by atoms with Crippen molar-refractivity contribution in [1.82, 2.24) is 10.3 Å². The maximum absolute atomic E-state index is 11.0. The fraction of sp³-hybridized carbons (Fsp3) is 0.375. The van der Waals surface area contributed by atoms with Crippen LogP contribution in [0.2, 0.25) is 0 Å². The Kier molecular flexibility index (Phi) is 2.10. The van der Waals surface area contributed by atoms with Gasteiger partial charge in [-0.1, -0.05) is 0 Å². The molecule has 0 spiro atoms. The Morgan fingerprint density at radius 3 is 2.62 bits per heavy atom. The second-order valence-electron chi connectivity index (χ2n) is 2.98. The molecule has 1 saturated heterocycles. The van der Waals surface area contributed by atoms with E-state index in [1.54, 1.807) is 11.7 Å². The van der Waals surface area contributed by atoms with Crippen LogP contribution in [-0.2, 0) is 9.59 Å². The van der Waals surface area contributed by atoms with Gasteiger partial charge in [-0.3, -0.25) is 19.9 Å². The summed E-state index contributed by atoms with van der Waals surface area (Å²) in [6.07, 6.45) is 2.52. The molecule has 5 heteroatoms. The lowest BCUT2D eigenvalue weighted by atomic mass is 9.96. The number of hydrogen-bond donors (Lipinski definition) is 1. The van der Waals surface area contributed by atoms with Crippen molar-refractivity contribution in [3.8, 4) is 0 Å². The van der Waals surface area contributed by atoms with Crippen LogP contribution in [0.25, 0.3) is 0 Å². The topological polar surface area (TPSA) is 59.1 Å². The van der Waals surface area contributed by atoms with Gasteiger partial charge in [0.2, 0.25) is 11.8 Å². The highest BCUT2D eigenvalue weighted by molar-refractivity contribution is 7.09. The number of carbonyl (C=O) groups excluding carboxylic acids is 2. The monoisotopic (exact) mass is 196 g/mol. The summed E-state index contributed by atoms with van der Waals surface area (Å²) in [4.78, 5) is 27.0. The summed E-state index contributed by atoms with van der Waals surface area (Å²) in [6, 6.07) is 0. The van der Waals surface area contributed by atoms with E-state index in [9.17, 15) is 9.59 Å². The summed E-state index contributed by atoms with van der Waals surface area (Å²) in [6.45, 7) is 0. The Balaban J connectivity index is 2.16. The maximum atomic E-state index is 11.0. The molecule has 1 aliphatic rings. The highest BCUT2D eigenvalue weighted by Gasteiger charge is 2.26. The largest absolute Gasteiger partial charge is 0.296 e. The normalized spacial score (nSPS) is 18.8. The van der Waals surface area contributed by atoms with Crippen molar-refractivity contribution in [2.45, 2.75) is 18.8 Å². The SMILES string of the molecule is O=C1CC(c2cncs2)CC(=O)N1. The Morgan fingerprint density at radius 1 is 1.38 bits per heavy atom. The molecule has 0 bridgehead atoms. The molecule has 1 aliphatic heterocycles. The number of nitrogens with one attached hydrogen (secondary N) is 1. The second kappa shape index (κ2) is 3.26. The quantitative estimate of drug-likeness (QED) is 0.671. The van der Waals surface area contributed by atoms with E-state index >= 15 is 0 Å². The van der Waals surface area contributed by atoms with E-state index in [2.05, 4.69) is 10.3 Å². The smallest absolute Gasteiger partial charge is 0.227 e. The predicted molar refractivity (Wildman–Crippen MR) is 47.2 cm³/mol. The van der Waals surface area contributed by atoms with Gasteiger partial charge in [-0.05, 0) is 0 Å². The Labute approximate surface area is 79.0 Å². The third kappa shape index (κ3) is 1.75. The molecule has 13 heavy (non-hydrogen) atoms. The Bertz CT molecular complexity index is 318. The van der Waals surface area contributed by atoms with E-state index in [-0.39, 0.29) is 17.7 Å². The molecule has 4 nitrogen and oxygen atoms in total. The van der Waals surface area contributed by atoms with Crippen molar-refractivity contribution in [2.24, 2.45) is 0 Å². The van der Waals surface area contributed by atoms with Gasteiger partial charge in [0.15, 0.2) is 0 Å². The van der Waals surface area contributed by atoms with Crippen molar-refractivity contribution >= 4 is 23.2 Å². The summed E-state index contributed by atoms with van der Waals surface area (Å²) in [5.41, 5.74) is 1.71. The number of carbonyl (C=O) groups is 2. The van der Waals surface area contributed by atoms with Crippen LogP contribution in [0.15, 0.2) is 11.7 Å². The van der Waals surface area contributed by atoms with Crippen molar-refractivity contribution < 1.29 is 9.59 Å². The van der Waals surface area contributed by atoms with Crippen LogP contribution in [0, 0.1) is 0 Å². The number of nitrogens with zero attached hydrogens (tertiary/aromatic N) is 1. The zero-order valence-corrected chi connectivity index (χ0v) is 7.63. The first-order valence-corrected chi connectivity index (χ1v) is 4.85. The minimum absolute atomic E-state index is 0.0359. The molecule has 1 N–H and O–H groups in total. The lowest BCUT2D eigenvalue weighted by Gasteiger charge is -2.18. The number of amides is 2. The minimum atomic E-state index is -0.186. The third-order valence-electron chi connectivity index (χ3n) is 2.00. The fourth-order valence-electron chi connectivity index (χ4n) is 1.41. The highest BCUT2D eigenvalue weighted by Crippen LogP contribution is 2.28. The van der Waals surface area contributed by atoms with Gasteiger partial charge in [0.25, 0.3) is 0 Å². The molecule has 2 rings (SSSR count). The van der Waals surface area contributed by atoms with Gasteiger partial charge < -0.3 is 0 Å². The second-order valence-corrected chi connectivity index (χ2v) is 3.90. The van der Waals surface area contributed by atoms with Crippen LogP contribution in [0.5, 0.6) is 0 Å². The number of piperidine rings is 1. The zero-order chi connectivity index (χ0) is 9.26. The first-order chi connectivity index (χ1) is 6.25. The number of aromatic nitrogens is 1. The summed E-state index contributed by atoms with van der Waals surface area (Å²) >= 11 is 1.49. The Hall–Kier alpha value is -1.23. The van der Waals surface area contributed by atoms with Crippen LogP contribution < -0.4 is 5.32 Å². The average Bonchev–Trinajstić information content (AvgIpc) is 2.53. The maximum Gasteiger partial charge on any atom is 0.227 e. The molecule has 2 amide bonds. The van der Waals surface area contributed by atoms with Gasteiger partial charge in [0.05, 0.1) is 5.51 Å². The van der Waals surface area contributed by atoms with Gasteiger partial charge >= 0.3 is 0 Å². The lowest BCUT2D eigenvalue weighted by molar-refractivity contribution is -0.133. The van der Waals surface area contributed by atoms with Gasteiger partial charge in [0.1, 0.15) is 0 Å². The molecule has 0 aliphatic carbocycles. The van der Waals surface area contributed by atoms with Crippen LogP contribution in [-0.4, -0.2) is 16.8 Å². The molecule has 2 heterocycles. The van der Waals surface area contributed by atoms with Gasteiger partial charge in [0, 0.05) is 29.8 Å². The van der Waals surface area contributed by atoms with Crippen molar-refractivity contribution in [3.05, 3.63) is 16.6 Å². The van der Waals surface area contributed by atoms with Crippen molar-refractivity contribution in [1.29, 1.82) is 0 Å². The van der Waals surface area contributed by atoms with Crippen LogP contribution in [0.4, 0.5) is 0 Å². The summed E-state index contributed by atoms with van der Waals surface area (Å²) in [5.74, 6) is -0.335. The molecular weight excluding hydrogens is 188 g/mol. The van der Waals surface area contributed by atoms with Crippen molar-refractivity contribution in [2.75, 3.05) is 0 Å². The van der Waals surface area contributed by atoms with Crippen LogP contribution in [0.3, 0.4) is 0 Å². The van der Waals surface area contributed by atoms with Gasteiger partial charge in [-0.15, -0.1) is 11.3 Å².